The van der Waals surface area contributed by atoms with E-state index in [1.54, 1.807) is 24.3 Å². The predicted octanol–water partition coefficient (Wildman–Crippen LogP) is 4.77. The summed E-state index contributed by atoms with van der Waals surface area (Å²) in [4.78, 5) is 1.11. The van der Waals surface area contributed by atoms with Crippen LogP contribution in [0.1, 0.15) is 34.5 Å². The Morgan fingerprint density at radius 2 is 2.00 bits per heavy atom. The van der Waals surface area contributed by atoms with Gasteiger partial charge in [-0.25, -0.2) is 0 Å². The zero-order chi connectivity index (χ0) is 14.8. The highest BCUT2D eigenvalue weighted by atomic mass is 32.1. The number of rotatable bonds is 4. The van der Waals surface area contributed by atoms with Crippen molar-refractivity contribution in [2.45, 2.75) is 26.1 Å². The largest absolute Gasteiger partial charge is 0.416 e. The van der Waals surface area contributed by atoms with Gasteiger partial charge in [-0.1, -0.05) is 19.1 Å². The first kappa shape index (κ1) is 15.1. The molecule has 0 radical (unpaired) electrons. The van der Waals surface area contributed by atoms with E-state index in [4.69, 9.17) is 0 Å². The molecule has 1 unspecified atom stereocenters. The van der Waals surface area contributed by atoms with Crippen molar-refractivity contribution in [3.05, 3.63) is 57.3 Å². The van der Waals surface area contributed by atoms with Crippen molar-refractivity contribution in [3.8, 4) is 0 Å². The van der Waals surface area contributed by atoms with Gasteiger partial charge in [-0.15, -0.1) is 11.3 Å². The lowest BCUT2D eigenvalue weighted by Crippen LogP contribution is -2.22. The van der Waals surface area contributed by atoms with Crippen LogP contribution in [0.25, 0.3) is 0 Å². The lowest BCUT2D eigenvalue weighted by molar-refractivity contribution is -0.137. The Morgan fingerprint density at radius 3 is 2.50 bits per heavy atom. The van der Waals surface area contributed by atoms with Gasteiger partial charge < -0.3 is 5.32 Å². The van der Waals surface area contributed by atoms with Gasteiger partial charge in [-0.05, 0) is 48.2 Å². The van der Waals surface area contributed by atoms with Crippen LogP contribution in [0.3, 0.4) is 0 Å². The van der Waals surface area contributed by atoms with E-state index in [1.165, 1.54) is 6.07 Å². The molecule has 0 spiro atoms. The first-order valence-corrected chi connectivity index (χ1v) is 7.26. The topological polar surface area (TPSA) is 12.0 Å². The van der Waals surface area contributed by atoms with Crippen LogP contribution < -0.4 is 5.32 Å². The molecule has 0 amide bonds. The molecule has 1 aromatic carbocycles. The molecular weight excluding hydrogens is 283 g/mol. The summed E-state index contributed by atoms with van der Waals surface area (Å²) < 4.78 is 38.1. The fraction of sp³-hybridized carbons (Fsp3) is 0.333. The maximum atomic E-state index is 12.7. The van der Waals surface area contributed by atoms with E-state index in [0.29, 0.717) is 5.56 Å². The van der Waals surface area contributed by atoms with Crippen LogP contribution in [-0.4, -0.2) is 6.54 Å². The number of thiophene rings is 1. The zero-order valence-electron chi connectivity index (χ0n) is 11.3. The van der Waals surface area contributed by atoms with Crippen molar-refractivity contribution in [1.82, 2.24) is 5.32 Å². The van der Waals surface area contributed by atoms with Gasteiger partial charge in [0.05, 0.1) is 11.6 Å². The summed E-state index contributed by atoms with van der Waals surface area (Å²) >= 11 is 1.60. The number of alkyl halides is 3. The van der Waals surface area contributed by atoms with E-state index < -0.39 is 11.7 Å². The van der Waals surface area contributed by atoms with E-state index in [9.17, 15) is 13.2 Å². The summed E-state index contributed by atoms with van der Waals surface area (Å²) in [6.07, 6.45) is -4.29. The third kappa shape index (κ3) is 3.22. The maximum Gasteiger partial charge on any atom is 0.416 e. The minimum atomic E-state index is -4.29. The summed E-state index contributed by atoms with van der Waals surface area (Å²) in [6.45, 7) is 4.46. The maximum absolute atomic E-state index is 12.7. The Balaban J connectivity index is 2.40. The number of hydrogen-bond acceptors (Lipinski definition) is 2. The monoisotopic (exact) mass is 299 g/mol. The van der Waals surface area contributed by atoms with E-state index in [0.717, 1.165) is 23.1 Å². The third-order valence-corrected chi connectivity index (χ3v) is 4.08. The van der Waals surface area contributed by atoms with Gasteiger partial charge in [0.15, 0.2) is 0 Å². The van der Waals surface area contributed by atoms with Crippen LogP contribution in [0.5, 0.6) is 0 Å². The van der Waals surface area contributed by atoms with Crippen LogP contribution >= 0.6 is 11.3 Å². The van der Waals surface area contributed by atoms with Crippen molar-refractivity contribution in [3.63, 3.8) is 0 Å². The van der Waals surface area contributed by atoms with Gasteiger partial charge in [0.25, 0.3) is 0 Å². The molecule has 0 fully saturated rings. The highest BCUT2D eigenvalue weighted by molar-refractivity contribution is 7.10. The number of hydrogen-bond donors (Lipinski definition) is 1. The van der Waals surface area contributed by atoms with E-state index in [1.807, 2.05) is 24.4 Å². The quantitative estimate of drug-likeness (QED) is 0.857. The molecule has 2 aromatic rings. The Kier molecular flexibility index (Phi) is 4.50. The van der Waals surface area contributed by atoms with Crippen LogP contribution in [-0.2, 0) is 6.18 Å². The van der Waals surface area contributed by atoms with E-state index in [2.05, 4.69) is 5.32 Å². The highest BCUT2D eigenvalue weighted by Crippen LogP contribution is 2.34. The second-order valence-electron chi connectivity index (χ2n) is 4.58. The molecule has 2 rings (SSSR count). The van der Waals surface area contributed by atoms with Crippen molar-refractivity contribution >= 4 is 11.3 Å². The summed E-state index contributed by atoms with van der Waals surface area (Å²) in [5.41, 5.74) is 0.946. The normalized spacial score (nSPS) is 13.4. The predicted molar refractivity (Wildman–Crippen MR) is 76.0 cm³/mol. The second kappa shape index (κ2) is 5.97. The smallest absolute Gasteiger partial charge is 0.306 e. The molecular formula is C15H16F3NS. The molecule has 1 heterocycles. The van der Waals surface area contributed by atoms with Crippen molar-refractivity contribution in [2.24, 2.45) is 0 Å². The summed E-state index contributed by atoms with van der Waals surface area (Å²) in [5, 5.41) is 5.30. The van der Waals surface area contributed by atoms with Gasteiger partial charge in [0.2, 0.25) is 0 Å². The Morgan fingerprint density at radius 1 is 1.25 bits per heavy atom. The van der Waals surface area contributed by atoms with Gasteiger partial charge in [-0.3, -0.25) is 0 Å². The van der Waals surface area contributed by atoms with Gasteiger partial charge in [0.1, 0.15) is 0 Å². The number of nitrogens with one attached hydrogen (secondary N) is 1. The minimum absolute atomic E-state index is 0.0534. The van der Waals surface area contributed by atoms with Crippen LogP contribution in [0.2, 0.25) is 0 Å². The molecule has 1 N–H and O–H groups in total. The SMILES string of the molecule is CCNC(c1cccs1)c1ccc(C(F)(F)F)cc1C. The van der Waals surface area contributed by atoms with Gasteiger partial charge in [0, 0.05) is 4.88 Å². The standard InChI is InChI=1S/C15H16F3NS/c1-3-19-14(13-5-4-8-20-13)12-7-6-11(9-10(12)2)15(16,17)18/h4-9,14,19H,3H2,1-2H3. The number of benzene rings is 1. The molecule has 1 aromatic heterocycles. The summed E-state index contributed by atoms with van der Waals surface area (Å²) in [6, 6.07) is 7.83. The molecule has 20 heavy (non-hydrogen) atoms. The molecule has 5 heteroatoms. The van der Waals surface area contributed by atoms with Crippen LogP contribution in [0.15, 0.2) is 35.7 Å². The first-order valence-electron chi connectivity index (χ1n) is 6.38. The van der Waals surface area contributed by atoms with Crippen molar-refractivity contribution < 1.29 is 13.2 Å². The van der Waals surface area contributed by atoms with Crippen molar-refractivity contribution in [2.75, 3.05) is 6.54 Å². The molecule has 0 saturated carbocycles. The molecule has 1 atom stereocenters. The first-order chi connectivity index (χ1) is 9.43. The number of aryl methyl sites for hydroxylation is 1. The van der Waals surface area contributed by atoms with Gasteiger partial charge in [-0.2, -0.15) is 13.2 Å². The fourth-order valence-corrected chi connectivity index (χ4v) is 3.02. The van der Waals surface area contributed by atoms with Crippen LogP contribution in [0, 0.1) is 6.92 Å². The molecule has 0 bridgehead atoms. The lowest BCUT2D eigenvalue weighted by atomic mass is 9.97. The average molecular weight is 299 g/mol. The second-order valence-corrected chi connectivity index (χ2v) is 5.55. The van der Waals surface area contributed by atoms with E-state index >= 15 is 0 Å². The fourth-order valence-electron chi connectivity index (χ4n) is 2.20. The van der Waals surface area contributed by atoms with E-state index in [-0.39, 0.29) is 6.04 Å². The van der Waals surface area contributed by atoms with Crippen molar-refractivity contribution in [1.29, 1.82) is 0 Å². The molecule has 0 aliphatic heterocycles. The molecule has 0 aliphatic carbocycles. The summed E-state index contributed by atoms with van der Waals surface area (Å²) in [7, 11) is 0. The molecule has 108 valence electrons. The Hall–Kier alpha value is -1.33. The van der Waals surface area contributed by atoms with Crippen LogP contribution in [0.4, 0.5) is 13.2 Å². The lowest BCUT2D eigenvalue weighted by Gasteiger charge is -2.20. The molecule has 1 nitrogen and oxygen atoms in total. The van der Waals surface area contributed by atoms with Gasteiger partial charge >= 0.3 is 6.18 Å². The average Bonchev–Trinajstić information content (AvgIpc) is 2.89. The Bertz CT molecular complexity index is 561. The third-order valence-electron chi connectivity index (χ3n) is 3.14. The Labute approximate surface area is 120 Å². The molecule has 0 aliphatic rings. The summed E-state index contributed by atoms with van der Waals surface area (Å²) in [5.74, 6) is 0. The molecule has 0 saturated heterocycles. The zero-order valence-corrected chi connectivity index (χ0v) is 12.1. The highest BCUT2D eigenvalue weighted by Gasteiger charge is 2.31. The minimum Gasteiger partial charge on any atom is -0.306 e. The number of halogens is 3.